The van der Waals surface area contributed by atoms with E-state index in [-0.39, 0.29) is 46.3 Å². The third-order valence-electron chi connectivity index (χ3n) is 8.70. The van der Waals surface area contributed by atoms with Crippen LogP contribution in [0.3, 0.4) is 0 Å². The van der Waals surface area contributed by atoms with Crippen LogP contribution in [0.1, 0.15) is 54.2 Å². The number of benzene rings is 3. The fourth-order valence-electron chi connectivity index (χ4n) is 6.38. The van der Waals surface area contributed by atoms with E-state index in [1.165, 1.54) is 12.1 Å². The first-order valence-electron chi connectivity index (χ1n) is 16.3. The van der Waals surface area contributed by atoms with E-state index < -0.39 is 10.0 Å². The van der Waals surface area contributed by atoms with Crippen molar-refractivity contribution in [3.05, 3.63) is 95.1 Å². The number of aryl methyl sites for hydroxylation is 2. The van der Waals surface area contributed by atoms with Crippen molar-refractivity contribution in [3.63, 3.8) is 0 Å². The number of amides is 1. The number of carbonyl (C=O) groups is 1. The molecule has 1 amide bonds. The molecule has 2 aliphatic heterocycles. The third-order valence-corrected chi connectivity index (χ3v) is 10.0. The summed E-state index contributed by atoms with van der Waals surface area (Å²) >= 11 is 0. The Labute approximate surface area is 283 Å². The van der Waals surface area contributed by atoms with Gasteiger partial charge in [-0.15, -0.1) is 0 Å². The Kier molecular flexibility index (Phi) is 9.44. The van der Waals surface area contributed by atoms with E-state index in [0.717, 1.165) is 41.0 Å². The topological polar surface area (TPSA) is 114 Å². The second kappa shape index (κ2) is 13.6. The van der Waals surface area contributed by atoms with Gasteiger partial charge in [0.2, 0.25) is 11.8 Å². The lowest BCUT2D eigenvalue weighted by Gasteiger charge is -2.36. The van der Waals surface area contributed by atoms with Crippen LogP contribution >= 0.6 is 0 Å². The molecule has 1 N–H and O–H groups in total. The van der Waals surface area contributed by atoms with Crippen LogP contribution in [0, 0.1) is 19.3 Å². The van der Waals surface area contributed by atoms with Gasteiger partial charge in [-0.3, -0.25) is 4.79 Å². The van der Waals surface area contributed by atoms with Gasteiger partial charge >= 0.3 is 0 Å². The van der Waals surface area contributed by atoms with Gasteiger partial charge in [0.1, 0.15) is 6.61 Å². The molecule has 0 unspecified atom stereocenters. The van der Waals surface area contributed by atoms with E-state index in [4.69, 9.17) is 9.47 Å². The Balaban J connectivity index is 1.43. The average Bonchev–Trinajstić information content (AvgIpc) is 3.05. The number of sulfonamides is 1. The van der Waals surface area contributed by atoms with E-state index >= 15 is 0 Å². The summed E-state index contributed by atoms with van der Waals surface area (Å²) in [7, 11) is -4.15. The molecule has 4 bridgehead atoms. The molecule has 48 heavy (non-hydrogen) atoms. The van der Waals surface area contributed by atoms with E-state index in [1.807, 2.05) is 44.2 Å². The van der Waals surface area contributed by atoms with Crippen LogP contribution in [0.15, 0.2) is 77.7 Å². The molecule has 3 heterocycles. The van der Waals surface area contributed by atoms with Crippen molar-refractivity contribution in [1.29, 1.82) is 0 Å². The van der Waals surface area contributed by atoms with Crippen LogP contribution in [-0.2, 0) is 21.3 Å². The summed E-state index contributed by atoms with van der Waals surface area (Å²) in [4.78, 5) is 27.6. The van der Waals surface area contributed by atoms with Crippen LogP contribution < -0.4 is 14.4 Å². The molecule has 11 heteroatoms. The zero-order valence-electron chi connectivity index (χ0n) is 28.2. The fraction of sp³-hybridized carbons (Fsp3) is 0.378. The second-order valence-corrected chi connectivity index (χ2v) is 15.4. The first kappa shape index (κ1) is 33.4. The number of ether oxygens (including phenoxy) is 2. The predicted molar refractivity (Wildman–Crippen MR) is 187 cm³/mol. The molecule has 0 saturated carbocycles. The van der Waals surface area contributed by atoms with Gasteiger partial charge in [-0.1, -0.05) is 57.2 Å². The second-order valence-electron chi connectivity index (χ2n) is 13.7. The lowest BCUT2D eigenvalue weighted by atomic mass is 9.87. The lowest BCUT2D eigenvalue weighted by Crippen LogP contribution is -2.45. The zero-order chi connectivity index (χ0) is 34.1. The minimum Gasteiger partial charge on any atom is -0.475 e. The summed E-state index contributed by atoms with van der Waals surface area (Å²) in [6.07, 6.45) is 0.628. The van der Waals surface area contributed by atoms with Crippen molar-refractivity contribution in [2.45, 2.75) is 58.5 Å². The predicted octanol–water partition coefficient (Wildman–Crippen LogP) is 6.24. The summed E-state index contributed by atoms with van der Waals surface area (Å²) in [6.45, 7) is 13.9. The molecule has 0 aliphatic carbocycles. The van der Waals surface area contributed by atoms with Gasteiger partial charge < -0.3 is 19.3 Å². The van der Waals surface area contributed by atoms with Crippen molar-refractivity contribution in [2.24, 2.45) is 5.41 Å². The number of fused-ring (bicyclic) bond motifs is 4. The smallest absolute Gasteiger partial charge is 0.264 e. The van der Waals surface area contributed by atoms with Gasteiger partial charge in [0.15, 0.2) is 0 Å². The van der Waals surface area contributed by atoms with Gasteiger partial charge in [0, 0.05) is 42.5 Å². The van der Waals surface area contributed by atoms with E-state index in [2.05, 4.69) is 52.5 Å². The number of nitrogens with one attached hydrogen (secondary N) is 1. The fourth-order valence-corrected chi connectivity index (χ4v) is 7.37. The van der Waals surface area contributed by atoms with Crippen LogP contribution in [0.25, 0.3) is 11.3 Å². The molecule has 252 valence electrons. The maximum Gasteiger partial charge on any atom is 0.264 e. The Morgan fingerprint density at radius 1 is 0.917 bits per heavy atom. The molecule has 3 aromatic carbocycles. The number of aromatic nitrogens is 2. The Bertz CT molecular complexity index is 1880. The normalized spacial score (nSPS) is 18.2. The first-order chi connectivity index (χ1) is 22.9. The van der Waals surface area contributed by atoms with Crippen molar-refractivity contribution in [3.8, 4) is 17.1 Å². The number of rotatable bonds is 5. The highest BCUT2D eigenvalue weighted by atomic mass is 32.2. The molecule has 1 aromatic heterocycles. The molecule has 1 saturated heterocycles. The van der Waals surface area contributed by atoms with Crippen molar-refractivity contribution in [1.82, 2.24) is 14.9 Å². The van der Waals surface area contributed by atoms with Gasteiger partial charge in [-0.25, -0.2) is 18.1 Å². The SMILES string of the molecule is Cc1cccc(C)c1-c1cc2nc(n1)NS(=O)(=O)c1cccc(c1)C(=O)N(Cc1ccc(N3CCOCC3)cc1)[C@H](CC(C)(C)C)CO2. The minimum atomic E-state index is -4.15. The Hall–Kier alpha value is -4.48. The first-order valence-corrected chi connectivity index (χ1v) is 17.8. The number of anilines is 2. The lowest BCUT2D eigenvalue weighted by molar-refractivity contribution is 0.0513. The molecular formula is C37H43N5O5S. The standard InChI is InChI=1S/C37H43N5O5S/c1-25-8-6-9-26(2)34(25)32-21-33-39-36(38-32)40-48(44,45)31-11-7-10-28(20-31)35(43)42(30(24-47-33)22-37(3,4)5)23-27-12-14-29(15-13-27)41-16-18-46-19-17-41/h6-15,20-21,30H,16-19,22-24H2,1-5H3,(H,38,39,40)/t30-/m1/s1. The van der Waals surface area contributed by atoms with Crippen LogP contribution in [0.5, 0.6) is 5.88 Å². The van der Waals surface area contributed by atoms with E-state index in [1.54, 1.807) is 23.1 Å². The summed E-state index contributed by atoms with van der Waals surface area (Å²) in [5.74, 6) is -0.173. The number of hydrogen-bond donors (Lipinski definition) is 1. The highest BCUT2D eigenvalue weighted by Gasteiger charge is 2.31. The molecule has 6 rings (SSSR count). The molecule has 2 aliphatic rings. The maximum absolute atomic E-state index is 14.4. The monoisotopic (exact) mass is 669 g/mol. The van der Waals surface area contributed by atoms with Gasteiger partial charge in [-0.2, -0.15) is 4.98 Å². The highest BCUT2D eigenvalue weighted by molar-refractivity contribution is 7.92. The molecular weight excluding hydrogens is 627 g/mol. The summed E-state index contributed by atoms with van der Waals surface area (Å²) in [5.41, 5.74) is 5.56. The third kappa shape index (κ3) is 7.63. The summed E-state index contributed by atoms with van der Waals surface area (Å²) < 4.78 is 41.8. The highest BCUT2D eigenvalue weighted by Crippen LogP contribution is 2.32. The van der Waals surface area contributed by atoms with Gasteiger partial charge in [0.05, 0.1) is 29.8 Å². The summed E-state index contributed by atoms with van der Waals surface area (Å²) in [5, 5.41) is 0. The number of hydrogen-bond acceptors (Lipinski definition) is 8. The van der Waals surface area contributed by atoms with Crippen molar-refractivity contribution < 1.29 is 22.7 Å². The average molecular weight is 670 g/mol. The van der Waals surface area contributed by atoms with E-state index in [9.17, 15) is 13.2 Å². The minimum absolute atomic E-state index is 0.0571. The van der Waals surface area contributed by atoms with Crippen molar-refractivity contribution in [2.75, 3.05) is 42.5 Å². The van der Waals surface area contributed by atoms with Gasteiger partial charge in [0.25, 0.3) is 15.9 Å². The zero-order valence-corrected chi connectivity index (χ0v) is 29.0. The number of nitrogens with zero attached hydrogens (tertiary/aromatic N) is 4. The van der Waals surface area contributed by atoms with E-state index in [0.29, 0.717) is 31.9 Å². The number of carbonyl (C=O) groups excluding carboxylic acids is 1. The largest absolute Gasteiger partial charge is 0.475 e. The van der Waals surface area contributed by atoms with Crippen LogP contribution in [0.2, 0.25) is 0 Å². The number of morpholine rings is 1. The van der Waals surface area contributed by atoms with Crippen molar-refractivity contribution >= 4 is 27.6 Å². The Morgan fingerprint density at radius 2 is 1.60 bits per heavy atom. The Morgan fingerprint density at radius 3 is 2.29 bits per heavy atom. The summed E-state index contributed by atoms with van der Waals surface area (Å²) in [6, 6.07) is 21.7. The molecule has 0 radical (unpaired) electrons. The molecule has 1 fully saturated rings. The van der Waals surface area contributed by atoms with Crippen LogP contribution in [-0.4, -0.2) is 68.1 Å². The quantitative estimate of drug-likeness (QED) is 0.266. The maximum atomic E-state index is 14.4. The molecule has 10 nitrogen and oxygen atoms in total. The molecule has 1 atom stereocenters. The molecule has 0 spiro atoms. The van der Waals surface area contributed by atoms with Crippen LogP contribution in [0.4, 0.5) is 11.6 Å². The van der Waals surface area contributed by atoms with Gasteiger partial charge in [-0.05, 0) is 72.7 Å². The molecule has 4 aromatic rings.